The van der Waals surface area contributed by atoms with Gasteiger partial charge in [0.05, 0.1) is 6.20 Å². The lowest BCUT2D eigenvalue weighted by Crippen LogP contribution is -2.64. The predicted molar refractivity (Wildman–Crippen MR) is 86.3 cm³/mol. The number of hydrogen-bond donors (Lipinski definition) is 1. The Labute approximate surface area is 128 Å². The third-order valence-corrected chi connectivity index (χ3v) is 5.55. The van der Waals surface area contributed by atoms with Gasteiger partial charge in [-0.15, -0.1) is 0 Å². The van der Waals surface area contributed by atoms with Crippen molar-refractivity contribution in [1.82, 2.24) is 20.0 Å². The molecule has 1 aliphatic carbocycles. The van der Waals surface area contributed by atoms with Gasteiger partial charge in [0.2, 0.25) is 0 Å². The molecule has 1 saturated carbocycles. The summed E-state index contributed by atoms with van der Waals surface area (Å²) in [5, 5.41) is 8.12. The van der Waals surface area contributed by atoms with Gasteiger partial charge in [-0.1, -0.05) is 26.7 Å². The van der Waals surface area contributed by atoms with E-state index in [9.17, 15) is 0 Å². The molecule has 1 aromatic heterocycles. The Kier molecular flexibility index (Phi) is 4.36. The molecule has 1 saturated heterocycles. The zero-order chi connectivity index (χ0) is 14.9. The van der Waals surface area contributed by atoms with Crippen molar-refractivity contribution in [2.45, 2.75) is 57.5 Å². The molecular weight excluding hydrogens is 260 g/mol. The van der Waals surface area contributed by atoms with Gasteiger partial charge >= 0.3 is 0 Å². The Morgan fingerprint density at radius 3 is 2.76 bits per heavy atom. The average Bonchev–Trinajstić information content (AvgIpc) is 3.08. The van der Waals surface area contributed by atoms with Gasteiger partial charge in [0.1, 0.15) is 0 Å². The summed E-state index contributed by atoms with van der Waals surface area (Å²) in [4.78, 5) is 2.80. The molecule has 1 aromatic rings. The molecule has 2 aliphatic rings. The second kappa shape index (κ2) is 6.09. The highest BCUT2D eigenvalue weighted by Crippen LogP contribution is 2.37. The minimum Gasteiger partial charge on any atom is -0.311 e. The molecule has 0 aromatic carbocycles. The van der Waals surface area contributed by atoms with Crippen molar-refractivity contribution in [3.63, 3.8) is 0 Å². The van der Waals surface area contributed by atoms with Crippen molar-refractivity contribution >= 4 is 0 Å². The van der Waals surface area contributed by atoms with Crippen LogP contribution in [0.15, 0.2) is 12.4 Å². The standard InChI is InChI=1S/C17H30N4/c1-14(2)16-12-21(9-6-15-10-19-20(3)11-15)17(13-18-16)7-4-5-8-17/h10-11,14,16,18H,4-9,12-13H2,1-3H3. The molecule has 118 valence electrons. The van der Waals surface area contributed by atoms with Crippen molar-refractivity contribution in [2.24, 2.45) is 13.0 Å². The first-order valence-corrected chi connectivity index (χ1v) is 8.55. The van der Waals surface area contributed by atoms with E-state index in [1.165, 1.54) is 50.9 Å². The van der Waals surface area contributed by atoms with E-state index in [-0.39, 0.29) is 0 Å². The van der Waals surface area contributed by atoms with Crippen LogP contribution in [-0.4, -0.2) is 45.9 Å². The molecule has 21 heavy (non-hydrogen) atoms. The van der Waals surface area contributed by atoms with Crippen LogP contribution in [0.4, 0.5) is 0 Å². The lowest BCUT2D eigenvalue weighted by Gasteiger charge is -2.49. The highest BCUT2D eigenvalue weighted by atomic mass is 15.3. The largest absolute Gasteiger partial charge is 0.311 e. The number of aromatic nitrogens is 2. The molecule has 1 unspecified atom stereocenters. The van der Waals surface area contributed by atoms with Crippen LogP contribution in [0, 0.1) is 5.92 Å². The molecule has 0 bridgehead atoms. The highest BCUT2D eigenvalue weighted by molar-refractivity contribution is 5.07. The van der Waals surface area contributed by atoms with Crippen LogP contribution in [0.25, 0.3) is 0 Å². The maximum Gasteiger partial charge on any atom is 0.0522 e. The SMILES string of the molecule is CC(C)C1CN(CCc2cnn(C)c2)C2(CCCC2)CN1. The third kappa shape index (κ3) is 3.16. The lowest BCUT2D eigenvalue weighted by molar-refractivity contribution is 0.0341. The van der Waals surface area contributed by atoms with E-state index in [4.69, 9.17) is 0 Å². The fraction of sp³-hybridized carbons (Fsp3) is 0.824. The quantitative estimate of drug-likeness (QED) is 0.923. The fourth-order valence-electron chi connectivity index (χ4n) is 4.09. The van der Waals surface area contributed by atoms with Crippen LogP contribution in [-0.2, 0) is 13.5 Å². The fourth-order valence-corrected chi connectivity index (χ4v) is 4.09. The molecule has 1 N–H and O–H groups in total. The smallest absolute Gasteiger partial charge is 0.0522 e. The minimum atomic E-state index is 0.438. The van der Waals surface area contributed by atoms with E-state index in [1.54, 1.807) is 0 Å². The molecule has 1 atom stereocenters. The van der Waals surface area contributed by atoms with Gasteiger partial charge in [0.15, 0.2) is 0 Å². The van der Waals surface area contributed by atoms with Crippen LogP contribution in [0.5, 0.6) is 0 Å². The molecular formula is C17H30N4. The van der Waals surface area contributed by atoms with Crippen LogP contribution < -0.4 is 5.32 Å². The van der Waals surface area contributed by atoms with E-state index >= 15 is 0 Å². The Morgan fingerprint density at radius 2 is 2.14 bits per heavy atom. The maximum atomic E-state index is 4.30. The monoisotopic (exact) mass is 290 g/mol. The molecule has 2 fully saturated rings. The van der Waals surface area contributed by atoms with Gasteiger partial charge in [0, 0.05) is 44.5 Å². The summed E-state index contributed by atoms with van der Waals surface area (Å²) in [6.07, 6.45) is 10.8. The molecule has 2 heterocycles. The summed E-state index contributed by atoms with van der Waals surface area (Å²) >= 11 is 0. The van der Waals surface area contributed by atoms with Gasteiger partial charge in [0.25, 0.3) is 0 Å². The summed E-state index contributed by atoms with van der Waals surface area (Å²) in [5.74, 6) is 0.713. The summed E-state index contributed by atoms with van der Waals surface area (Å²) < 4.78 is 1.91. The normalized spacial score (nSPS) is 26.0. The zero-order valence-electron chi connectivity index (χ0n) is 13.8. The van der Waals surface area contributed by atoms with Crippen molar-refractivity contribution in [2.75, 3.05) is 19.6 Å². The van der Waals surface area contributed by atoms with E-state index in [2.05, 4.69) is 35.4 Å². The van der Waals surface area contributed by atoms with Gasteiger partial charge < -0.3 is 5.32 Å². The number of rotatable bonds is 4. The highest BCUT2D eigenvalue weighted by Gasteiger charge is 2.43. The van der Waals surface area contributed by atoms with Gasteiger partial charge in [-0.2, -0.15) is 5.10 Å². The van der Waals surface area contributed by atoms with E-state index in [1.807, 2.05) is 17.9 Å². The van der Waals surface area contributed by atoms with Crippen LogP contribution >= 0.6 is 0 Å². The third-order valence-electron chi connectivity index (χ3n) is 5.55. The molecule has 0 radical (unpaired) electrons. The van der Waals surface area contributed by atoms with Gasteiger partial charge in [-0.25, -0.2) is 0 Å². The topological polar surface area (TPSA) is 33.1 Å². The van der Waals surface area contributed by atoms with E-state index < -0.39 is 0 Å². The summed E-state index contributed by atoms with van der Waals surface area (Å²) in [6.45, 7) is 8.24. The van der Waals surface area contributed by atoms with Crippen molar-refractivity contribution in [1.29, 1.82) is 0 Å². The molecule has 1 spiro atoms. The first-order chi connectivity index (χ1) is 10.1. The summed E-state index contributed by atoms with van der Waals surface area (Å²) in [5.41, 5.74) is 1.80. The number of piperazine rings is 1. The van der Waals surface area contributed by atoms with Crippen LogP contribution in [0.2, 0.25) is 0 Å². The van der Waals surface area contributed by atoms with Crippen molar-refractivity contribution in [3.05, 3.63) is 18.0 Å². The Hall–Kier alpha value is -0.870. The number of aryl methyl sites for hydroxylation is 1. The first-order valence-electron chi connectivity index (χ1n) is 8.55. The van der Waals surface area contributed by atoms with Crippen molar-refractivity contribution < 1.29 is 0 Å². The second-order valence-corrected chi connectivity index (χ2v) is 7.38. The Bertz CT molecular complexity index is 459. The molecule has 0 amide bonds. The van der Waals surface area contributed by atoms with E-state index in [0.717, 1.165) is 6.42 Å². The van der Waals surface area contributed by atoms with Gasteiger partial charge in [-0.3, -0.25) is 9.58 Å². The maximum absolute atomic E-state index is 4.30. The van der Waals surface area contributed by atoms with Crippen LogP contribution in [0.3, 0.4) is 0 Å². The second-order valence-electron chi connectivity index (χ2n) is 7.38. The Balaban J connectivity index is 1.67. The molecule has 1 aliphatic heterocycles. The molecule has 4 heteroatoms. The number of hydrogen-bond acceptors (Lipinski definition) is 3. The first kappa shape index (κ1) is 15.0. The minimum absolute atomic E-state index is 0.438. The van der Waals surface area contributed by atoms with Gasteiger partial charge in [-0.05, 0) is 30.7 Å². The van der Waals surface area contributed by atoms with E-state index in [0.29, 0.717) is 17.5 Å². The number of nitrogens with zero attached hydrogens (tertiary/aromatic N) is 3. The van der Waals surface area contributed by atoms with Crippen molar-refractivity contribution in [3.8, 4) is 0 Å². The zero-order valence-corrected chi connectivity index (χ0v) is 13.8. The summed E-state index contributed by atoms with van der Waals surface area (Å²) in [7, 11) is 2.00. The lowest BCUT2D eigenvalue weighted by atomic mass is 9.88. The predicted octanol–water partition coefficient (Wildman–Crippen LogP) is 2.21. The molecule has 4 nitrogen and oxygen atoms in total. The average molecular weight is 290 g/mol. The molecule has 3 rings (SSSR count). The Morgan fingerprint density at radius 1 is 1.38 bits per heavy atom. The van der Waals surface area contributed by atoms with Crippen LogP contribution in [0.1, 0.15) is 45.1 Å². The number of nitrogens with one attached hydrogen (secondary N) is 1. The summed E-state index contributed by atoms with van der Waals surface area (Å²) in [6, 6.07) is 0.644.